The van der Waals surface area contributed by atoms with Crippen LogP contribution in [0.3, 0.4) is 0 Å². The van der Waals surface area contributed by atoms with Crippen LogP contribution in [0.5, 0.6) is 0 Å². The van der Waals surface area contributed by atoms with Gasteiger partial charge in [-0.25, -0.2) is 9.59 Å². The monoisotopic (exact) mass is 300 g/mol. The Bertz CT molecular complexity index is 336. The molecule has 0 amide bonds. The van der Waals surface area contributed by atoms with Crippen molar-refractivity contribution in [3.8, 4) is 0 Å². The zero-order valence-corrected chi connectivity index (χ0v) is 10.5. The molecule has 0 saturated heterocycles. The van der Waals surface area contributed by atoms with Crippen LogP contribution in [-0.2, 0) is 42.1 Å². The molecule has 0 aliphatic rings. The number of hydrogen-bond donors (Lipinski definition) is 2. The summed E-state index contributed by atoms with van der Waals surface area (Å²) in [5.41, 5.74) is -0.0372. The third-order valence-corrected chi connectivity index (χ3v) is 1.36. The zero-order chi connectivity index (χ0) is 13.1. The predicted octanol–water partition coefficient (Wildman–Crippen LogP) is 0.840. The number of carboxylic acids is 2. The Labute approximate surface area is 109 Å². The number of carboxylic acid groups (broad SMARTS) is 2. The molecule has 0 aliphatic heterocycles. The Morgan fingerprint density at radius 1 is 0.875 bits per heavy atom. The van der Waals surface area contributed by atoms with Gasteiger partial charge in [-0.1, -0.05) is 6.07 Å². The SMILES string of the molecule is O=C(O)c1cccc(C(=O)O)c1.[O]=[V].[O]=[V]. The summed E-state index contributed by atoms with van der Waals surface area (Å²) in [4.78, 5) is 20.8. The molecule has 0 radical (unpaired) electrons. The zero-order valence-electron chi connectivity index (χ0n) is 7.73. The number of benzene rings is 1. The van der Waals surface area contributed by atoms with Crippen molar-refractivity contribution in [1.82, 2.24) is 0 Å². The van der Waals surface area contributed by atoms with Gasteiger partial charge in [0.1, 0.15) is 0 Å². The maximum atomic E-state index is 10.4. The molecule has 0 heterocycles. The van der Waals surface area contributed by atoms with Crippen LogP contribution in [0.2, 0.25) is 0 Å². The first-order valence-corrected chi connectivity index (χ1v) is 4.68. The van der Waals surface area contributed by atoms with E-state index >= 15 is 0 Å². The van der Waals surface area contributed by atoms with Gasteiger partial charge >= 0.3 is 54.0 Å². The second-order valence-corrected chi connectivity index (χ2v) is 2.19. The van der Waals surface area contributed by atoms with Crippen LogP contribution >= 0.6 is 0 Å². The standard InChI is InChI=1S/C8H6O4.2O.2V/c9-7(10)5-2-1-3-6(4-5)8(11)12;;;;/h1-4H,(H,9,10)(H,11,12);;;;. The summed E-state index contributed by atoms with van der Waals surface area (Å²) in [6.07, 6.45) is 0. The minimum absolute atomic E-state index is 0.0186. The van der Waals surface area contributed by atoms with Crippen LogP contribution < -0.4 is 0 Å². The van der Waals surface area contributed by atoms with Crippen molar-refractivity contribution in [1.29, 1.82) is 0 Å². The molecule has 0 bridgehead atoms. The molecule has 0 aromatic heterocycles. The Morgan fingerprint density at radius 3 is 1.44 bits per heavy atom. The maximum absolute atomic E-state index is 10.4. The number of rotatable bonds is 2. The predicted molar refractivity (Wildman–Crippen MR) is 41.7 cm³/mol. The van der Waals surface area contributed by atoms with E-state index in [1.54, 1.807) is 0 Å². The van der Waals surface area contributed by atoms with E-state index in [0.717, 1.165) is 40.8 Å². The van der Waals surface area contributed by atoms with Crippen molar-refractivity contribution in [2.24, 2.45) is 0 Å². The molecule has 16 heavy (non-hydrogen) atoms. The Balaban J connectivity index is 0. The molecule has 0 fully saturated rings. The van der Waals surface area contributed by atoms with E-state index in [1.807, 2.05) is 0 Å². The summed E-state index contributed by atoms with van der Waals surface area (Å²) in [6.45, 7) is 0. The fourth-order valence-electron chi connectivity index (χ4n) is 0.785. The summed E-state index contributed by atoms with van der Waals surface area (Å²) >= 11 is 2.12. The summed E-state index contributed by atoms with van der Waals surface area (Å²) in [5, 5.41) is 17.0. The van der Waals surface area contributed by atoms with Crippen LogP contribution in [0.4, 0.5) is 0 Å². The third-order valence-electron chi connectivity index (χ3n) is 1.36. The van der Waals surface area contributed by atoms with Gasteiger partial charge < -0.3 is 10.2 Å². The minimum atomic E-state index is -1.13. The van der Waals surface area contributed by atoms with Crippen molar-refractivity contribution in [3.05, 3.63) is 35.4 Å². The van der Waals surface area contributed by atoms with E-state index in [9.17, 15) is 9.59 Å². The second kappa shape index (κ2) is 10.4. The topological polar surface area (TPSA) is 109 Å². The molecule has 0 saturated carbocycles. The van der Waals surface area contributed by atoms with Gasteiger partial charge in [-0.05, 0) is 18.2 Å². The summed E-state index contributed by atoms with van der Waals surface area (Å²) in [7, 11) is 0. The Kier molecular flexibility index (Phi) is 11.3. The van der Waals surface area contributed by atoms with Gasteiger partial charge in [-0.15, -0.1) is 0 Å². The van der Waals surface area contributed by atoms with E-state index in [4.69, 9.17) is 17.6 Å². The van der Waals surface area contributed by atoms with Crippen molar-refractivity contribution in [2.75, 3.05) is 0 Å². The number of aromatic carboxylic acids is 2. The molecular formula is C8H6O6V2. The Morgan fingerprint density at radius 2 is 1.19 bits per heavy atom. The first-order chi connectivity index (χ1) is 7.61. The molecular weight excluding hydrogens is 294 g/mol. The van der Waals surface area contributed by atoms with Gasteiger partial charge in [-0.2, -0.15) is 0 Å². The van der Waals surface area contributed by atoms with E-state index in [1.165, 1.54) is 18.2 Å². The van der Waals surface area contributed by atoms with E-state index in [-0.39, 0.29) is 11.1 Å². The molecule has 1 rings (SSSR count). The Hall–Kier alpha value is -1.07. The van der Waals surface area contributed by atoms with Crippen molar-refractivity contribution < 1.29 is 61.9 Å². The van der Waals surface area contributed by atoms with Crippen LogP contribution in [0.25, 0.3) is 0 Å². The average molecular weight is 300 g/mol. The van der Waals surface area contributed by atoms with E-state index in [0.29, 0.717) is 0 Å². The number of hydrogen-bond acceptors (Lipinski definition) is 4. The molecule has 2 N–H and O–H groups in total. The fraction of sp³-hybridized carbons (Fsp3) is 0. The first-order valence-electron chi connectivity index (χ1n) is 3.54. The van der Waals surface area contributed by atoms with Crippen molar-refractivity contribution >= 4 is 11.9 Å². The van der Waals surface area contributed by atoms with Gasteiger partial charge in [0.05, 0.1) is 11.1 Å². The van der Waals surface area contributed by atoms with Gasteiger partial charge in [0.2, 0.25) is 0 Å². The fourth-order valence-corrected chi connectivity index (χ4v) is 0.785. The van der Waals surface area contributed by atoms with Gasteiger partial charge in [-0.3, -0.25) is 0 Å². The summed E-state index contributed by atoms with van der Waals surface area (Å²) in [5.74, 6) is -2.25. The quantitative estimate of drug-likeness (QED) is 0.837. The van der Waals surface area contributed by atoms with Crippen LogP contribution in [0, 0.1) is 0 Å². The molecule has 6 nitrogen and oxygen atoms in total. The molecule has 1 aromatic carbocycles. The first kappa shape index (κ1) is 17.3. The molecule has 0 unspecified atom stereocenters. The molecule has 0 atom stereocenters. The van der Waals surface area contributed by atoms with Crippen LogP contribution in [0.1, 0.15) is 20.7 Å². The van der Waals surface area contributed by atoms with Crippen LogP contribution in [-0.4, -0.2) is 22.2 Å². The van der Waals surface area contributed by atoms with E-state index < -0.39 is 11.9 Å². The summed E-state index contributed by atoms with van der Waals surface area (Å²) < 4.78 is 16.4. The second-order valence-electron chi connectivity index (χ2n) is 2.19. The van der Waals surface area contributed by atoms with Crippen molar-refractivity contribution in [2.45, 2.75) is 0 Å². The number of carbonyl (C=O) groups is 2. The average Bonchev–Trinajstić information content (AvgIpc) is 2.34. The van der Waals surface area contributed by atoms with Gasteiger partial charge in [0.15, 0.2) is 0 Å². The molecule has 0 aliphatic carbocycles. The van der Waals surface area contributed by atoms with Gasteiger partial charge in [0.25, 0.3) is 0 Å². The molecule has 1 aromatic rings. The summed E-state index contributed by atoms with van der Waals surface area (Å²) in [6, 6.07) is 5.20. The van der Waals surface area contributed by atoms with Crippen molar-refractivity contribution in [3.63, 3.8) is 0 Å². The van der Waals surface area contributed by atoms with E-state index in [2.05, 4.69) is 0 Å². The molecule has 84 valence electrons. The normalized spacial score (nSPS) is 7.38. The van der Waals surface area contributed by atoms with Crippen LogP contribution in [0.15, 0.2) is 24.3 Å². The van der Waals surface area contributed by atoms with Gasteiger partial charge in [0, 0.05) is 0 Å². The molecule has 0 spiro atoms. The molecule has 8 heteroatoms. The third kappa shape index (κ3) is 6.42.